The van der Waals surface area contributed by atoms with Crippen LogP contribution in [0.4, 0.5) is 13.2 Å². The fourth-order valence-corrected chi connectivity index (χ4v) is 1.09. The van der Waals surface area contributed by atoms with Crippen LogP contribution in [0.5, 0.6) is 0 Å². The van der Waals surface area contributed by atoms with E-state index in [1.165, 1.54) is 5.38 Å². The number of halogens is 3. The fraction of sp³-hybridized carbons (Fsp3) is 0.200. The molecule has 0 radical (unpaired) electrons. The van der Waals surface area contributed by atoms with Gasteiger partial charge in [0.25, 0.3) is 0 Å². The Morgan fingerprint density at radius 2 is 2.00 bits per heavy atom. The summed E-state index contributed by atoms with van der Waals surface area (Å²) in [5.74, 6) is 0. The Morgan fingerprint density at radius 1 is 1.33 bits per heavy atom. The van der Waals surface area contributed by atoms with Gasteiger partial charge in [-0.25, -0.2) is 0 Å². The second-order valence-electron chi connectivity index (χ2n) is 1.51. The Labute approximate surface area is 53.9 Å². The lowest BCUT2D eigenvalue weighted by atomic mass is 10.3. The minimum Gasteiger partial charge on any atom is -0.166 e. The highest BCUT2D eigenvalue weighted by Crippen LogP contribution is 2.30. The van der Waals surface area contributed by atoms with Crippen LogP contribution in [0.1, 0.15) is 5.56 Å². The first-order chi connectivity index (χ1) is 4.11. The monoisotopic (exact) mass is 152 g/mol. The Morgan fingerprint density at radius 3 is 2.22 bits per heavy atom. The summed E-state index contributed by atoms with van der Waals surface area (Å²) in [6.45, 7) is 0. The van der Waals surface area contributed by atoms with E-state index in [9.17, 15) is 13.2 Å². The largest absolute Gasteiger partial charge is 0.417 e. The van der Waals surface area contributed by atoms with Gasteiger partial charge in [0.05, 0.1) is 5.56 Å². The summed E-state index contributed by atoms with van der Waals surface area (Å²) in [6, 6.07) is 1.06. The number of alkyl halides is 3. The lowest BCUT2D eigenvalue weighted by molar-refractivity contribution is -0.137. The predicted molar refractivity (Wildman–Crippen MR) is 29.3 cm³/mol. The zero-order chi connectivity index (χ0) is 6.91. The lowest BCUT2D eigenvalue weighted by Gasteiger charge is -1.99. The second kappa shape index (κ2) is 2.02. The summed E-state index contributed by atoms with van der Waals surface area (Å²) in [4.78, 5) is 0. The minimum atomic E-state index is -4.17. The molecule has 1 aromatic heterocycles. The van der Waals surface area contributed by atoms with Crippen LogP contribution < -0.4 is 0 Å². The van der Waals surface area contributed by atoms with Crippen LogP contribution in [-0.2, 0) is 6.18 Å². The molecule has 0 aromatic carbocycles. The average molecular weight is 152 g/mol. The van der Waals surface area contributed by atoms with Gasteiger partial charge in [-0.2, -0.15) is 24.5 Å². The Balaban J connectivity index is 2.90. The highest BCUT2D eigenvalue weighted by atomic mass is 32.1. The summed E-state index contributed by atoms with van der Waals surface area (Å²) in [7, 11) is 0. The molecule has 0 fully saturated rings. The van der Waals surface area contributed by atoms with Crippen molar-refractivity contribution in [1.82, 2.24) is 0 Å². The Kier molecular flexibility index (Phi) is 1.48. The van der Waals surface area contributed by atoms with Crippen LogP contribution in [-0.4, -0.2) is 0 Å². The zero-order valence-electron chi connectivity index (χ0n) is 4.27. The standard InChI is InChI=1S/C5H3F3S/c6-5(7,8)4-1-2-9-3-4/h1-3H. The summed E-state index contributed by atoms with van der Waals surface area (Å²) < 4.78 is 34.9. The van der Waals surface area contributed by atoms with Crippen LogP contribution in [0.2, 0.25) is 0 Å². The summed E-state index contributed by atoms with van der Waals surface area (Å²) >= 11 is 1.05. The van der Waals surface area contributed by atoms with Crippen molar-refractivity contribution in [2.45, 2.75) is 6.18 Å². The highest BCUT2D eigenvalue weighted by molar-refractivity contribution is 7.07. The van der Waals surface area contributed by atoms with E-state index in [2.05, 4.69) is 0 Å². The number of hydrogen-bond acceptors (Lipinski definition) is 1. The van der Waals surface area contributed by atoms with E-state index in [-0.39, 0.29) is 0 Å². The molecule has 0 bridgehead atoms. The normalized spacial score (nSPS) is 11.9. The Hall–Kier alpha value is -0.510. The van der Waals surface area contributed by atoms with E-state index in [0.717, 1.165) is 22.8 Å². The van der Waals surface area contributed by atoms with Gasteiger partial charge in [0.1, 0.15) is 0 Å². The first-order valence-electron chi connectivity index (χ1n) is 2.20. The van der Waals surface area contributed by atoms with Gasteiger partial charge < -0.3 is 0 Å². The van der Waals surface area contributed by atoms with Crippen molar-refractivity contribution in [2.24, 2.45) is 0 Å². The molecule has 0 unspecified atom stereocenters. The molecule has 0 N–H and O–H groups in total. The van der Waals surface area contributed by atoms with Crippen LogP contribution >= 0.6 is 11.3 Å². The molecule has 1 heterocycles. The molecule has 0 nitrogen and oxygen atoms in total. The number of thiophene rings is 1. The molecule has 0 aliphatic heterocycles. The molecular formula is C5H3F3S. The van der Waals surface area contributed by atoms with Crippen molar-refractivity contribution >= 4 is 11.3 Å². The molecule has 4 heteroatoms. The van der Waals surface area contributed by atoms with Gasteiger partial charge >= 0.3 is 6.18 Å². The van der Waals surface area contributed by atoms with E-state index in [1.807, 2.05) is 0 Å². The SMILES string of the molecule is FC(F)(F)c1ccsc1. The first kappa shape index (κ1) is 6.61. The molecule has 50 valence electrons. The molecular weight excluding hydrogens is 149 g/mol. The molecule has 0 atom stereocenters. The van der Waals surface area contributed by atoms with Gasteiger partial charge in [0.2, 0.25) is 0 Å². The molecule has 9 heavy (non-hydrogen) atoms. The molecule has 0 saturated heterocycles. The number of rotatable bonds is 0. The highest BCUT2D eigenvalue weighted by Gasteiger charge is 2.30. The van der Waals surface area contributed by atoms with Gasteiger partial charge in [-0.05, 0) is 11.4 Å². The fourth-order valence-electron chi connectivity index (χ4n) is 0.426. The third kappa shape index (κ3) is 1.45. The van der Waals surface area contributed by atoms with Crippen molar-refractivity contribution in [3.8, 4) is 0 Å². The van der Waals surface area contributed by atoms with Crippen molar-refractivity contribution in [1.29, 1.82) is 0 Å². The van der Waals surface area contributed by atoms with Crippen molar-refractivity contribution in [3.05, 3.63) is 22.4 Å². The van der Waals surface area contributed by atoms with Gasteiger partial charge in [-0.1, -0.05) is 0 Å². The third-order valence-electron chi connectivity index (χ3n) is 0.849. The topological polar surface area (TPSA) is 0 Å². The van der Waals surface area contributed by atoms with E-state index in [4.69, 9.17) is 0 Å². The molecule has 0 spiro atoms. The maximum absolute atomic E-state index is 11.6. The average Bonchev–Trinajstić information content (AvgIpc) is 2.08. The molecule has 0 amide bonds. The van der Waals surface area contributed by atoms with Crippen molar-refractivity contribution < 1.29 is 13.2 Å². The predicted octanol–water partition coefficient (Wildman–Crippen LogP) is 2.77. The molecule has 1 aromatic rings. The second-order valence-corrected chi connectivity index (χ2v) is 2.29. The molecule has 0 saturated carbocycles. The maximum Gasteiger partial charge on any atom is 0.417 e. The summed E-state index contributed by atoms with van der Waals surface area (Å²) in [5, 5.41) is 2.49. The maximum atomic E-state index is 11.6. The van der Waals surface area contributed by atoms with Gasteiger partial charge in [0.15, 0.2) is 0 Å². The van der Waals surface area contributed by atoms with Crippen LogP contribution in [0.15, 0.2) is 16.8 Å². The minimum absolute atomic E-state index is 0.563. The van der Waals surface area contributed by atoms with Crippen molar-refractivity contribution in [3.63, 3.8) is 0 Å². The van der Waals surface area contributed by atoms with Crippen LogP contribution in [0.3, 0.4) is 0 Å². The molecule has 0 aliphatic carbocycles. The van der Waals surface area contributed by atoms with Gasteiger partial charge in [0, 0.05) is 5.38 Å². The van der Waals surface area contributed by atoms with Crippen LogP contribution in [0, 0.1) is 0 Å². The van der Waals surface area contributed by atoms with Gasteiger partial charge in [-0.15, -0.1) is 0 Å². The van der Waals surface area contributed by atoms with Crippen molar-refractivity contribution in [2.75, 3.05) is 0 Å². The van der Waals surface area contributed by atoms with Gasteiger partial charge in [-0.3, -0.25) is 0 Å². The lowest BCUT2D eigenvalue weighted by Crippen LogP contribution is -2.01. The van der Waals surface area contributed by atoms with Crippen LogP contribution in [0.25, 0.3) is 0 Å². The first-order valence-corrected chi connectivity index (χ1v) is 3.14. The molecule has 0 aliphatic rings. The number of hydrogen-bond donors (Lipinski definition) is 0. The van der Waals surface area contributed by atoms with E-state index < -0.39 is 11.7 Å². The quantitative estimate of drug-likeness (QED) is 0.536. The summed E-state index contributed by atoms with van der Waals surface area (Å²) in [5.41, 5.74) is -0.563. The van der Waals surface area contributed by atoms with E-state index >= 15 is 0 Å². The zero-order valence-corrected chi connectivity index (χ0v) is 5.09. The summed E-state index contributed by atoms with van der Waals surface area (Å²) in [6.07, 6.45) is -4.17. The van der Waals surface area contributed by atoms with E-state index in [1.54, 1.807) is 0 Å². The smallest absolute Gasteiger partial charge is 0.166 e. The van der Waals surface area contributed by atoms with E-state index in [0.29, 0.717) is 0 Å². The Bertz CT molecular complexity index is 175. The third-order valence-corrected chi connectivity index (χ3v) is 1.53. The molecule has 1 rings (SSSR count).